The van der Waals surface area contributed by atoms with Crippen molar-refractivity contribution in [3.8, 4) is 16.3 Å². The molecule has 5 nitrogen and oxygen atoms in total. The molecule has 0 N–H and O–H groups in total. The zero-order valence-electron chi connectivity index (χ0n) is 18.0. The Labute approximate surface area is 203 Å². The zero-order chi connectivity index (χ0) is 20.8. The van der Waals surface area contributed by atoms with E-state index in [2.05, 4.69) is 42.0 Å². The number of hydrogen-bond acceptors (Lipinski definition) is 5. The van der Waals surface area contributed by atoms with Crippen LogP contribution >= 0.6 is 11.3 Å². The molecule has 2 heterocycles. The normalized spacial score (nSPS) is 11.7. The fourth-order valence-electron chi connectivity index (χ4n) is 3.25. The number of aliphatic carboxylic acids is 1. The number of carboxylic acid groups (broad SMARTS) is 1. The number of carbonyl (C=O) groups is 1. The molecule has 1 unspecified atom stereocenters. The summed E-state index contributed by atoms with van der Waals surface area (Å²) in [5, 5.41) is 13.3. The van der Waals surface area contributed by atoms with Crippen molar-refractivity contribution in [2.75, 3.05) is 13.2 Å². The third-order valence-corrected chi connectivity index (χ3v) is 5.81. The molecule has 0 amide bonds. The Bertz CT molecular complexity index is 949. The molecular weight excluding hydrogens is 409 g/mol. The molecule has 0 bridgehead atoms. The molecular formula is C23H26NNaO4S. The van der Waals surface area contributed by atoms with Crippen molar-refractivity contribution in [2.24, 2.45) is 0 Å². The van der Waals surface area contributed by atoms with Gasteiger partial charge in [0, 0.05) is 18.7 Å². The molecule has 7 heteroatoms. The molecule has 0 radical (unpaired) electrons. The van der Waals surface area contributed by atoms with Gasteiger partial charge in [0.25, 0.3) is 0 Å². The molecule has 0 aliphatic heterocycles. The quantitative estimate of drug-likeness (QED) is 0.438. The van der Waals surface area contributed by atoms with Crippen LogP contribution in [0.3, 0.4) is 0 Å². The summed E-state index contributed by atoms with van der Waals surface area (Å²) >= 11 is 1.75. The fourth-order valence-corrected chi connectivity index (χ4v) is 4.18. The first kappa shape index (κ1) is 24.7. The second-order valence-electron chi connectivity index (χ2n) is 6.96. The molecule has 2 aromatic heterocycles. The van der Waals surface area contributed by atoms with E-state index in [1.54, 1.807) is 18.3 Å². The van der Waals surface area contributed by atoms with Crippen LogP contribution in [0.1, 0.15) is 23.7 Å². The summed E-state index contributed by atoms with van der Waals surface area (Å²) in [6.45, 7) is 7.62. The molecule has 0 aliphatic carbocycles. The molecule has 154 valence electrons. The van der Waals surface area contributed by atoms with E-state index in [1.807, 2.05) is 24.3 Å². The van der Waals surface area contributed by atoms with Crippen molar-refractivity contribution in [3.05, 3.63) is 64.7 Å². The van der Waals surface area contributed by atoms with Crippen LogP contribution in [0.15, 0.2) is 47.8 Å². The van der Waals surface area contributed by atoms with Crippen LogP contribution in [-0.4, -0.2) is 29.9 Å². The van der Waals surface area contributed by atoms with Crippen molar-refractivity contribution in [2.45, 2.75) is 39.8 Å². The number of hydrogen-bond donors (Lipinski definition) is 0. The van der Waals surface area contributed by atoms with Crippen LogP contribution in [0.2, 0.25) is 0 Å². The first-order valence-corrected chi connectivity index (χ1v) is 10.6. The van der Waals surface area contributed by atoms with Crippen molar-refractivity contribution in [1.82, 2.24) is 4.57 Å². The molecule has 0 saturated carbocycles. The first-order chi connectivity index (χ1) is 14.0. The SMILES string of the molecule is CCOC(Cc1ccc(OCCn2c(C)ccc2-c2cc(C)cs2)cc1)C(=O)[O-].[Na+]. The van der Waals surface area contributed by atoms with E-state index in [9.17, 15) is 9.90 Å². The minimum Gasteiger partial charge on any atom is -0.547 e. The Balaban J connectivity index is 0.00000320. The van der Waals surface area contributed by atoms with Crippen LogP contribution in [0.5, 0.6) is 5.75 Å². The Hall–Kier alpha value is -1.57. The largest absolute Gasteiger partial charge is 1.00 e. The van der Waals surface area contributed by atoms with Crippen molar-refractivity contribution in [3.63, 3.8) is 0 Å². The van der Waals surface area contributed by atoms with E-state index in [0.29, 0.717) is 13.2 Å². The van der Waals surface area contributed by atoms with Gasteiger partial charge in [0.2, 0.25) is 0 Å². The second-order valence-corrected chi connectivity index (χ2v) is 7.87. The van der Waals surface area contributed by atoms with Crippen molar-refractivity contribution >= 4 is 17.3 Å². The Morgan fingerprint density at radius 1 is 1.17 bits per heavy atom. The monoisotopic (exact) mass is 435 g/mol. The molecule has 0 spiro atoms. The molecule has 3 aromatic rings. The van der Waals surface area contributed by atoms with Gasteiger partial charge in [-0.05, 0) is 67.6 Å². The van der Waals surface area contributed by atoms with E-state index < -0.39 is 12.1 Å². The Morgan fingerprint density at radius 3 is 2.50 bits per heavy atom. The average molecular weight is 436 g/mol. The molecule has 1 aromatic carbocycles. The smallest absolute Gasteiger partial charge is 0.547 e. The fraction of sp³-hybridized carbons (Fsp3) is 0.348. The summed E-state index contributed by atoms with van der Waals surface area (Å²) in [4.78, 5) is 12.4. The molecule has 0 saturated heterocycles. The number of nitrogens with zero attached hydrogens (tertiary/aromatic N) is 1. The van der Waals surface area contributed by atoms with E-state index in [-0.39, 0.29) is 36.0 Å². The van der Waals surface area contributed by atoms with Gasteiger partial charge in [0.1, 0.15) is 18.5 Å². The van der Waals surface area contributed by atoms with Gasteiger partial charge < -0.3 is 23.9 Å². The number of carboxylic acids is 1. The van der Waals surface area contributed by atoms with Crippen molar-refractivity contribution in [1.29, 1.82) is 0 Å². The predicted octanol–water partition coefficient (Wildman–Crippen LogP) is 0.614. The van der Waals surface area contributed by atoms with E-state index in [0.717, 1.165) is 17.9 Å². The van der Waals surface area contributed by atoms with Crippen LogP contribution in [0.4, 0.5) is 0 Å². The van der Waals surface area contributed by atoms with Crippen LogP contribution in [0, 0.1) is 13.8 Å². The number of benzene rings is 1. The standard InChI is InChI=1S/C23H27NO4S.Na/c1-4-27-21(23(25)26)14-18-6-8-19(9-7-18)28-12-11-24-17(3)5-10-20(24)22-13-16(2)15-29-22;/h5-10,13,15,21H,4,11-12,14H2,1-3H3,(H,25,26);/q;+1/p-1. The summed E-state index contributed by atoms with van der Waals surface area (Å²) in [6, 6.07) is 13.9. The summed E-state index contributed by atoms with van der Waals surface area (Å²) in [5.41, 5.74) is 4.56. The van der Waals surface area contributed by atoms with Gasteiger partial charge in [-0.15, -0.1) is 11.3 Å². The van der Waals surface area contributed by atoms with Gasteiger partial charge in [0.15, 0.2) is 0 Å². The van der Waals surface area contributed by atoms with Crippen LogP contribution < -0.4 is 39.4 Å². The minimum absolute atomic E-state index is 0. The number of aromatic nitrogens is 1. The zero-order valence-corrected chi connectivity index (χ0v) is 20.8. The number of carbonyl (C=O) groups excluding carboxylic acids is 1. The topological polar surface area (TPSA) is 63.5 Å². The van der Waals surface area contributed by atoms with E-state index in [1.165, 1.54) is 21.8 Å². The average Bonchev–Trinajstić information content (AvgIpc) is 3.28. The third kappa shape index (κ3) is 6.46. The molecule has 30 heavy (non-hydrogen) atoms. The molecule has 0 aliphatic rings. The van der Waals surface area contributed by atoms with Gasteiger partial charge in [-0.25, -0.2) is 0 Å². The Kier molecular flexibility index (Phi) is 9.65. The van der Waals surface area contributed by atoms with E-state index in [4.69, 9.17) is 9.47 Å². The number of rotatable bonds is 10. The van der Waals surface area contributed by atoms with Gasteiger partial charge in [-0.1, -0.05) is 12.1 Å². The summed E-state index contributed by atoms with van der Waals surface area (Å²) < 4.78 is 13.4. The predicted molar refractivity (Wildman–Crippen MR) is 113 cm³/mol. The van der Waals surface area contributed by atoms with E-state index >= 15 is 0 Å². The Morgan fingerprint density at radius 2 is 1.90 bits per heavy atom. The van der Waals surface area contributed by atoms with Gasteiger partial charge in [-0.2, -0.15) is 0 Å². The summed E-state index contributed by atoms with van der Waals surface area (Å²) in [7, 11) is 0. The third-order valence-electron chi connectivity index (χ3n) is 4.74. The number of thiophene rings is 1. The van der Waals surface area contributed by atoms with Crippen LogP contribution in [0.25, 0.3) is 10.6 Å². The summed E-state index contributed by atoms with van der Waals surface area (Å²) in [5.74, 6) is -0.431. The molecule has 1 atom stereocenters. The maximum Gasteiger partial charge on any atom is 1.00 e. The summed E-state index contributed by atoms with van der Waals surface area (Å²) in [6.07, 6.45) is -0.648. The van der Waals surface area contributed by atoms with Gasteiger partial charge in [-0.3, -0.25) is 0 Å². The molecule has 3 rings (SSSR count). The van der Waals surface area contributed by atoms with Gasteiger partial charge >= 0.3 is 29.6 Å². The van der Waals surface area contributed by atoms with Crippen LogP contribution in [-0.2, 0) is 22.5 Å². The molecule has 0 fully saturated rings. The van der Waals surface area contributed by atoms with Crippen molar-refractivity contribution < 1.29 is 48.9 Å². The maximum atomic E-state index is 11.1. The minimum atomic E-state index is -1.19. The number of aryl methyl sites for hydroxylation is 2. The van der Waals surface area contributed by atoms with Gasteiger partial charge in [0.05, 0.1) is 23.1 Å². The second kappa shape index (κ2) is 11.7. The number of ether oxygens (including phenoxy) is 2. The maximum absolute atomic E-state index is 11.1. The first-order valence-electron chi connectivity index (χ1n) is 9.73.